The minimum atomic E-state index is 0.567. The molecule has 0 radical (unpaired) electrons. The number of nitrogens with two attached hydrogens (primary N) is 1. The fourth-order valence-electron chi connectivity index (χ4n) is 1.94. The Morgan fingerprint density at radius 1 is 1.17 bits per heavy atom. The number of nitriles is 1. The lowest BCUT2D eigenvalue weighted by Crippen LogP contribution is -1.98. The Labute approximate surface area is 104 Å². The molecule has 0 atom stereocenters. The van der Waals surface area contributed by atoms with Crippen LogP contribution >= 0.6 is 0 Å². The molecule has 0 bridgehead atoms. The summed E-state index contributed by atoms with van der Waals surface area (Å²) in [5.74, 6) is 0.730. The molecule has 18 heavy (non-hydrogen) atoms. The zero-order valence-corrected chi connectivity index (χ0v) is 9.54. The van der Waals surface area contributed by atoms with E-state index in [0.717, 1.165) is 22.4 Å². The Kier molecular flexibility index (Phi) is 2.24. The summed E-state index contributed by atoms with van der Waals surface area (Å²) in [5, 5.41) is 9.99. The number of pyridine rings is 1. The first-order chi connectivity index (χ1) is 8.78. The van der Waals surface area contributed by atoms with Gasteiger partial charge < -0.3 is 5.73 Å². The van der Waals surface area contributed by atoms with E-state index in [9.17, 15) is 0 Å². The Morgan fingerprint density at radius 3 is 2.89 bits per heavy atom. The van der Waals surface area contributed by atoms with Crippen molar-refractivity contribution in [2.24, 2.45) is 0 Å². The molecule has 0 spiro atoms. The molecule has 0 aliphatic carbocycles. The maximum Gasteiger partial charge on any atom is 0.138 e. The van der Waals surface area contributed by atoms with Crippen LogP contribution in [0.1, 0.15) is 5.69 Å². The summed E-state index contributed by atoms with van der Waals surface area (Å²) < 4.78 is 1.76. The lowest BCUT2D eigenvalue weighted by Gasteiger charge is -2.05. The van der Waals surface area contributed by atoms with Crippen LogP contribution in [0.5, 0.6) is 0 Å². The summed E-state index contributed by atoms with van der Waals surface area (Å²) >= 11 is 0. The normalized spacial score (nSPS) is 10.4. The quantitative estimate of drug-likeness (QED) is 0.658. The third kappa shape index (κ3) is 1.59. The molecular formula is C14H10N4. The maximum atomic E-state index is 9.00. The smallest absolute Gasteiger partial charge is 0.138 e. The van der Waals surface area contributed by atoms with Crippen LogP contribution in [0.4, 0.5) is 5.69 Å². The lowest BCUT2D eigenvalue weighted by atomic mass is 10.2. The number of aromatic nitrogens is 2. The Morgan fingerprint density at radius 2 is 2.06 bits per heavy atom. The Balaban J connectivity index is 2.20. The maximum absolute atomic E-state index is 9.00. The van der Waals surface area contributed by atoms with Crippen molar-refractivity contribution in [3.8, 4) is 11.9 Å². The van der Waals surface area contributed by atoms with Gasteiger partial charge in [-0.2, -0.15) is 5.26 Å². The number of anilines is 1. The Bertz CT molecular complexity index is 765. The van der Waals surface area contributed by atoms with Crippen LogP contribution in [0.25, 0.3) is 16.7 Å². The first kappa shape index (κ1) is 10.4. The van der Waals surface area contributed by atoms with E-state index < -0.39 is 0 Å². The fourth-order valence-corrected chi connectivity index (χ4v) is 1.94. The molecule has 2 aromatic heterocycles. The number of hydrogen-bond acceptors (Lipinski definition) is 3. The van der Waals surface area contributed by atoms with Crippen LogP contribution in [0.3, 0.4) is 0 Å². The van der Waals surface area contributed by atoms with Crippen molar-refractivity contribution in [3.05, 3.63) is 54.4 Å². The summed E-state index contributed by atoms with van der Waals surface area (Å²) in [6.45, 7) is 0. The van der Waals surface area contributed by atoms with Crippen molar-refractivity contribution < 1.29 is 0 Å². The van der Waals surface area contributed by atoms with Crippen LogP contribution in [0.15, 0.2) is 48.7 Å². The molecular weight excluding hydrogens is 224 g/mol. The van der Waals surface area contributed by atoms with Gasteiger partial charge in [0.05, 0.1) is 5.52 Å². The summed E-state index contributed by atoms with van der Waals surface area (Å²) in [6, 6.07) is 15.1. The number of nitrogen functional groups attached to an aromatic ring is 1. The van der Waals surface area contributed by atoms with E-state index in [-0.39, 0.29) is 0 Å². The molecule has 2 heterocycles. The van der Waals surface area contributed by atoms with E-state index in [1.54, 1.807) is 10.6 Å². The third-order valence-electron chi connectivity index (χ3n) is 2.81. The van der Waals surface area contributed by atoms with Gasteiger partial charge in [-0.25, -0.2) is 4.98 Å². The number of benzene rings is 1. The van der Waals surface area contributed by atoms with Gasteiger partial charge in [-0.05, 0) is 42.5 Å². The van der Waals surface area contributed by atoms with Gasteiger partial charge in [-0.1, -0.05) is 0 Å². The molecule has 0 aliphatic heterocycles. The predicted molar refractivity (Wildman–Crippen MR) is 70.2 cm³/mol. The average molecular weight is 234 g/mol. The van der Waals surface area contributed by atoms with Gasteiger partial charge in [-0.15, -0.1) is 0 Å². The molecule has 0 amide bonds. The van der Waals surface area contributed by atoms with Crippen molar-refractivity contribution >= 4 is 16.6 Å². The second-order valence-electron chi connectivity index (χ2n) is 4.00. The second kappa shape index (κ2) is 3.90. The molecule has 0 aliphatic rings. The summed E-state index contributed by atoms with van der Waals surface area (Å²) in [7, 11) is 0. The molecule has 3 aromatic rings. The number of hydrogen-bond donors (Lipinski definition) is 1. The molecule has 0 unspecified atom stereocenters. The minimum Gasteiger partial charge on any atom is -0.399 e. The largest absolute Gasteiger partial charge is 0.399 e. The molecule has 2 N–H and O–H groups in total. The standard InChI is InChI=1S/C14H10N4/c15-9-12-2-1-7-18(12)14-6-3-10-8-11(16)4-5-13(10)17-14/h1-8H,16H2. The zero-order valence-electron chi connectivity index (χ0n) is 9.54. The van der Waals surface area contributed by atoms with E-state index in [1.807, 2.05) is 42.6 Å². The van der Waals surface area contributed by atoms with Gasteiger partial charge in [0.25, 0.3) is 0 Å². The van der Waals surface area contributed by atoms with Gasteiger partial charge in [0.15, 0.2) is 0 Å². The van der Waals surface area contributed by atoms with Crippen molar-refractivity contribution in [1.29, 1.82) is 5.26 Å². The van der Waals surface area contributed by atoms with Crippen LogP contribution < -0.4 is 5.73 Å². The van der Waals surface area contributed by atoms with Crippen LogP contribution in [0.2, 0.25) is 0 Å². The van der Waals surface area contributed by atoms with Gasteiger partial charge in [0.2, 0.25) is 0 Å². The van der Waals surface area contributed by atoms with Crippen molar-refractivity contribution in [2.75, 3.05) is 5.73 Å². The lowest BCUT2D eigenvalue weighted by molar-refractivity contribution is 1.00. The average Bonchev–Trinajstić information content (AvgIpc) is 2.86. The van der Waals surface area contributed by atoms with Crippen LogP contribution in [0, 0.1) is 11.3 Å². The number of nitrogens with zero attached hydrogens (tertiary/aromatic N) is 3. The van der Waals surface area contributed by atoms with Crippen molar-refractivity contribution in [2.45, 2.75) is 0 Å². The molecule has 4 nitrogen and oxygen atoms in total. The highest BCUT2D eigenvalue weighted by Crippen LogP contribution is 2.18. The van der Waals surface area contributed by atoms with E-state index in [1.165, 1.54) is 0 Å². The Hall–Kier alpha value is -2.80. The van der Waals surface area contributed by atoms with E-state index in [0.29, 0.717) is 5.69 Å². The molecule has 0 saturated carbocycles. The number of rotatable bonds is 1. The molecule has 1 aromatic carbocycles. The van der Waals surface area contributed by atoms with Gasteiger partial charge >= 0.3 is 0 Å². The summed E-state index contributed by atoms with van der Waals surface area (Å²) in [6.07, 6.45) is 1.82. The van der Waals surface area contributed by atoms with E-state index in [2.05, 4.69) is 11.1 Å². The summed E-state index contributed by atoms with van der Waals surface area (Å²) in [4.78, 5) is 4.52. The topological polar surface area (TPSA) is 67.6 Å². The van der Waals surface area contributed by atoms with Crippen molar-refractivity contribution in [3.63, 3.8) is 0 Å². The first-order valence-corrected chi connectivity index (χ1v) is 5.52. The molecule has 0 saturated heterocycles. The van der Waals surface area contributed by atoms with Crippen LogP contribution in [-0.2, 0) is 0 Å². The first-order valence-electron chi connectivity index (χ1n) is 5.52. The molecule has 86 valence electrons. The highest BCUT2D eigenvalue weighted by atomic mass is 15.1. The highest BCUT2D eigenvalue weighted by Gasteiger charge is 2.04. The molecule has 3 rings (SSSR count). The molecule has 0 fully saturated rings. The van der Waals surface area contributed by atoms with Crippen LogP contribution in [-0.4, -0.2) is 9.55 Å². The van der Waals surface area contributed by atoms with Crippen molar-refractivity contribution in [1.82, 2.24) is 9.55 Å². The van der Waals surface area contributed by atoms with E-state index >= 15 is 0 Å². The van der Waals surface area contributed by atoms with Gasteiger partial charge in [-0.3, -0.25) is 4.57 Å². The zero-order chi connectivity index (χ0) is 12.5. The third-order valence-corrected chi connectivity index (χ3v) is 2.81. The SMILES string of the molecule is N#Cc1cccn1-c1ccc2cc(N)ccc2n1. The van der Waals surface area contributed by atoms with E-state index in [4.69, 9.17) is 11.0 Å². The minimum absolute atomic E-state index is 0.567. The van der Waals surface area contributed by atoms with Gasteiger partial charge in [0.1, 0.15) is 17.6 Å². The second-order valence-corrected chi connectivity index (χ2v) is 4.00. The monoisotopic (exact) mass is 234 g/mol. The molecule has 4 heteroatoms. The number of fused-ring (bicyclic) bond motifs is 1. The fraction of sp³-hybridized carbons (Fsp3) is 0. The predicted octanol–water partition coefficient (Wildman–Crippen LogP) is 2.48. The van der Waals surface area contributed by atoms with Gasteiger partial charge in [0, 0.05) is 17.3 Å². The summed E-state index contributed by atoms with van der Waals surface area (Å²) in [5.41, 5.74) is 7.87. The highest BCUT2D eigenvalue weighted by molar-refractivity contribution is 5.82.